The molecule has 224 valence electrons. The predicted molar refractivity (Wildman–Crippen MR) is 157 cm³/mol. The summed E-state index contributed by atoms with van der Waals surface area (Å²) in [6.45, 7) is 7.37. The Hall–Kier alpha value is -3.77. The van der Waals surface area contributed by atoms with Crippen LogP contribution in [0.5, 0.6) is 0 Å². The zero-order chi connectivity index (χ0) is 30.0. The molecule has 2 fully saturated rings. The molecule has 2 saturated heterocycles. The van der Waals surface area contributed by atoms with Gasteiger partial charge in [-0.2, -0.15) is 0 Å². The molecule has 1 aromatic carbocycles. The van der Waals surface area contributed by atoms with Crippen LogP contribution in [-0.2, 0) is 36.6 Å². The summed E-state index contributed by atoms with van der Waals surface area (Å²) in [5.74, 6) is 1.38. The summed E-state index contributed by atoms with van der Waals surface area (Å²) in [5.41, 5.74) is -0.308. The molecule has 2 aliphatic heterocycles. The Morgan fingerprint density at radius 2 is 1.86 bits per heavy atom. The van der Waals surface area contributed by atoms with Gasteiger partial charge in [0.15, 0.2) is 11.2 Å². The van der Waals surface area contributed by atoms with Crippen molar-refractivity contribution in [2.75, 3.05) is 19.7 Å². The normalized spacial score (nSPS) is 22.5. The summed E-state index contributed by atoms with van der Waals surface area (Å²) in [5, 5.41) is 11.4. The predicted octanol–water partition coefficient (Wildman–Crippen LogP) is 1.76. The number of benzene rings is 1. The van der Waals surface area contributed by atoms with Crippen LogP contribution >= 0.6 is 0 Å². The van der Waals surface area contributed by atoms with E-state index in [1.165, 1.54) is 17.9 Å². The van der Waals surface area contributed by atoms with Gasteiger partial charge in [-0.1, -0.05) is 26.0 Å². The number of piperidine rings is 1. The monoisotopic (exact) mass is 577 g/mol. The van der Waals surface area contributed by atoms with Crippen LogP contribution in [-0.4, -0.2) is 75.0 Å². The fraction of sp³-hybridized carbons (Fsp3) is 0.567. The average molecular weight is 578 g/mol. The van der Waals surface area contributed by atoms with Gasteiger partial charge in [0.25, 0.3) is 5.56 Å². The van der Waals surface area contributed by atoms with Crippen molar-refractivity contribution in [2.24, 2.45) is 20.0 Å². The molecular weight excluding hydrogens is 538 g/mol. The first kappa shape index (κ1) is 28.4. The number of aliphatic hydroxyl groups is 1. The van der Waals surface area contributed by atoms with Crippen molar-refractivity contribution in [3.05, 3.63) is 57.3 Å². The van der Waals surface area contributed by atoms with E-state index in [2.05, 4.69) is 18.8 Å². The van der Waals surface area contributed by atoms with E-state index in [1.807, 2.05) is 33.7 Å². The molecule has 42 heavy (non-hydrogen) atoms. The van der Waals surface area contributed by atoms with Crippen LogP contribution < -0.4 is 11.2 Å². The van der Waals surface area contributed by atoms with Gasteiger partial charge >= 0.3 is 5.69 Å². The number of hydrogen-bond acceptors (Lipinski definition) is 7. The molecule has 1 N–H and O–H groups in total. The molecule has 0 unspecified atom stereocenters. The van der Waals surface area contributed by atoms with E-state index in [4.69, 9.17) is 9.72 Å². The Balaban J connectivity index is 1.22. The quantitative estimate of drug-likeness (QED) is 0.383. The minimum absolute atomic E-state index is 0.0439. The van der Waals surface area contributed by atoms with Gasteiger partial charge < -0.3 is 23.9 Å². The van der Waals surface area contributed by atoms with Crippen molar-refractivity contribution < 1.29 is 14.6 Å². The first-order valence-electron chi connectivity index (χ1n) is 14.6. The lowest BCUT2D eigenvalue weighted by Crippen LogP contribution is -2.57. The first-order chi connectivity index (χ1) is 19.9. The molecule has 0 aliphatic carbocycles. The van der Waals surface area contributed by atoms with Crippen LogP contribution in [0.25, 0.3) is 22.2 Å². The highest BCUT2D eigenvalue weighted by Gasteiger charge is 2.50. The Morgan fingerprint density at radius 3 is 2.57 bits per heavy atom. The maximum atomic E-state index is 13.6. The van der Waals surface area contributed by atoms with Gasteiger partial charge in [0.05, 0.1) is 35.6 Å². The van der Waals surface area contributed by atoms with Crippen molar-refractivity contribution in [2.45, 2.75) is 70.2 Å². The van der Waals surface area contributed by atoms with E-state index < -0.39 is 28.5 Å². The van der Waals surface area contributed by atoms with Crippen LogP contribution in [0.1, 0.15) is 51.9 Å². The average Bonchev–Trinajstić information content (AvgIpc) is 3.54. The van der Waals surface area contributed by atoms with E-state index >= 15 is 0 Å². The molecule has 6 rings (SSSR count). The number of rotatable bonds is 5. The summed E-state index contributed by atoms with van der Waals surface area (Å²) in [7, 11) is 3.02. The number of amides is 1. The molecule has 0 radical (unpaired) electrons. The van der Waals surface area contributed by atoms with Crippen molar-refractivity contribution >= 4 is 28.1 Å². The molecule has 1 spiro atoms. The lowest BCUT2D eigenvalue weighted by Gasteiger charge is -2.51. The van der Waals surface area contributed by atoms with Gasteiger partial charge in [-0.25, -0.2) is 14.8 Å². The van der Waals surface area contributed by atoms with Crippen LogP contribution in [0, 0.1) is 5.92 Å². The van der Waals surface area contributed by atoms with E-state index in [0.29, 0.717) is 38.3 Å². The van der Waals surface area contributed by atoms with Crippen LogP contribution in [0.2, 0.25) is 0 Å². The zero-order valence-corrected chi connectivity index (χ0v) is 24.9. The molecular formula is C30H39N7O5. The second-order valence-electron chi connectivity index (χ2n) is 12.7. The second-order valence-corrected chi connectivity index (χ2v) is 12.7. The van der Waals surface area contributed by atoms with Crippen molar-refractivity contribution in [3.63, 3.8) is 0 Å². The van der Waals surface area contributed by atoms with Crippen LogP contribution in [0.15, 0.2) is 40.2 Å². The molecule has 2 atom stereocenters. The topological polar surface area (TPSA) is 129 Å². The summed E-state index contributed by atoms with van der Waals surface area (Å²) in [6, 6.07) is 7.43. The van der Waals surface area contributed by atoms with Crippen molar-refractivity contribution in [1.82, 2.24) is 33.1 Å². The largest absolute Gasteiger partial charge is 0.386 e. The Bertz CT molecular complexity index is 1790. The fourth-order valence-corrected chi connectivity index (χ4v) is 6.60. The van der Waals surface area contributed by atoms with Crippen LogP contribution in [0.4, 0.5) is 0 Å². The highest BCUT2D eigenvalue weighted by Crippen LogP contribution is 2.44. The third-order valence-corrected chi connectivity index (χ3v) is 9.11. The number of ether oxygens (including phenoxy) is 1. The standard InChI is InChI=1S/C30H39N7O5/c1-19(2)14-23-32-20-8-6-7-9-21(20)36(23)16-24(38)35-12-10-30(11-13-35)15-22(29(3,41)17-42-30)37-18-31-26-25(37)27(39)34(5)28(40)33(26)4/h6-9,18-19,22,41H,10-17H2,1-5H3/t22-,29-/m0/s1. The number of nitrogens with zero attached hydrogens (tertiary/aromatic N) is 7. The number of fused-ring (bicyclic) bond motifs is 2. The van der Waals surface area contributed by atoms with Gasteiger partial charge in [-0.15, -0.1) is 0 Å². The number of hydrogen-bond donors (Lipinski definition) is 1. The molecule has 0 saturated carbocycles. The zero-order valence-electron chi connectivity index (χ0n) is 24.9. The summed E-state index contributed by atoms with van der Waals surface area (Å²) in [6.07, 6.45) is 3.99. The Labute approximate surface area is 243 Å². The Kier molecular flexibility index (Phi) is 6.88. The maximum Gasteiger partial charge on any atom is 0.332 e. The van der Waals surface area contributed by atoms with Crippen molar-refractivity contribution in [3.8, 4) is 0 Å². The molecule has 12 heteroatoms. The molecule has 2 aliphatic rings. The number of imidazole rings is 2. The summed E-state index contributed by atoms with van der Waals surface area (Å²) < 4.78 is 12.5. The lowest BCUT2D eigenvalue weighted by atomic mass is 9.77. The number of likely N-dealkylation sites (tertiary alicyclic amines) is 1. The highest BCUT2D eigenvalue weighted by molar-refractivity contribution is 5.81. The number of carbonyl (C=O) groups excluding carboxylic acids is 1. The lowest BCUT2D eigenvalue weighted by molar-refractivity contribution is -0.201. The summed E-state index contributed by atoms with van der Waals surface area (Å²) in [4.78, 5) is 50.2. The van der Waals surface area contributed by atoms with Gasteiger partial charge in [0.2, 0.25) is 5.91 Å². The van der Waals surface area contributed by atoms with E-state index in [9.17, 15) is 19.5 Å². The molecule has 3 aromatic heterocycles. The number of aryl methyl sites for hydroxylation is 1. The van der Waals surface area contributed by atoms with E-state index in [1.54, 1.807) is 18.5 Å². The minimum Gasteiger partial charge on any atom is -0.386 e. The van der Waals surface area contributed by atoms with E-state index in [-0.39, 0.29) is 30.2 Å². The van der Waals surface area contributed by atoms with Crippen molar-refractivity contribution in [1.29, 1.82) is 0 Å². The highest BCUT2D eigenvalue weighted by atomic mass is 16.5. The van der Waals surface area contributed by atoms with Gasteiger partial charge in [0, 0.05) is 40.0 Å². The second kappa shape index (κ2) is 10.2. The van der Waals surface area contributed by atoms with Gasteiger partial charge in [-0.3, -0.25) is 18.7 Å². The third kappa shape index (κ3) is 4.66. The van der Waals surface area contributed by atoms with Gasteiger partial charge in [0.1, 0.15) is 18.0 Å². The SMILES string of the molecule is CC(C)Cc1nc2ccccc2n1CC(=O)N1CCC2(CC1)C[C@H](n1cnc3c1c(=O)n(C)c(=O)n3C)[C@@](C)(O)CO2. The Morgan fingerprint density at radius 1 is 1.14 bits per heavy atom. The molecule has 0 bridgehead atoms. The molecule has 1 amide bonds. The number of aromatic nitrogens is 6. The van der Waals surface area contributed by atoms with E-state index in [0.717, 1.165) is 27.8 Å². The minimum atomic E-state index is -1.26. The van der Waals surface area contributed by atoms with Gasteiger partial charge in [-0.05, 0) is 37.8 Å². The fourth-order valence-electron chi connectivity index (χ4n) is 6.60. The maximum absolute atomic E-state index is 13.6. The first-order valence-corrected chi connectivity index (χ1v) is 14.6. The molecule has 5 heterocycles. The molecule has 4 aromatic rings. The van der Waals surface area contributed by atoms with Crippen LogP contribution in [0.3, 0.4) is 0 Å². The summed E-state index contributed by atoms with van der Waals surface area (Å²) >= 11 is 0. The third-order valence-electron chi connectivity index (χ3n) is 9.11. The number of carbonyl (C=O) groups is 1. The molecule has 12 nitrogen and oxygen atoms in total. The smallest absolute Gasteiger partial charge is 0.332 e. The number of para-hydroxylation sites is 2.